The summed E-state index contributed by atoms with van der Waals surface area (Å²) < 4.78 is 39.7. The summed E-state index contributed by atoms with van der Waals surface area (Å²) in [4.78, 5) is 4.02. The van der Waals surface area contributed by atoms with Crippen LogP contribution in [-0.4, -0.2) is 34.4 Å². The van der Waals surface area contributed by atoms with Crippen LogP contribution in [-0.2, 0) is 6.18 Å². The minimum atomic E-state index is -4.54. The van der Waals surface area contributed by atoms with Crippen LogP contribution in [0.25, 0.3) is 17.0 Å². The monoisotopic (exact) mass is 354 g/mol. The summed E-state index contributed by atoms with van der Waals surface area (Å²) in [6.45, 7) is 5.77. The maximum absolute atomic E-state index is 13.2. The van der Waals surface area contributed by atoms with Gasteiger partial charge in [-0.15, -0.1) is 0 Å². The van der Waals surface area contributed by atoms with Gasteiger partial charge in [0.05, 0.1) is 29.0 Å². The van der Waals surface area contributed by atoms with Gasteiger partial charge in [-0.1, -0.05) is 25.6 Å². The molecule has 2 rings (SSSR count). The molecule has 0 fully saturated rings. The Morgan fingerprint density at radius 1 is 1.28 bits per heavy atom. The number of aliphatic hydroxyl groups is 2. The number of hydrogen-bond acceptors (Lipinski definition) is 4. The average Bonchev–Trinajstić information content (AvgIpc) is 2.58. The van der Waals surface area contributed by atoms with E-state index in [0.29, 0.717) is 18.5 Å². The van der Waals surface area contributed by atoms with Crippen LogP contribution < -0.4 is 5.32 Å². The normalized spacial score (nSPS) is 14.5. The van der Waals surface area contributed by atoms with Crippen molar-refractivity contribution in [2.24, 2.45) is 0 Å². The second-order valence-electron chi connectivity index (χ2n) is 5.78. The zero-order chi connectivity index (χ0) is 18.6. The van der Waals surface area contributed by atoms with Crippen molar-refractivity contribution in [3.05, 3.63) is 47.7 Å². The van der Waals surface area contributed by atoms with Crippen molar-refractivity contribution in [3.8, 4) is 0 Å². The third kappa shape index (κ3) is 4.56. The molecule has 3 N–H and O–H groups in total. The van der Waals surface area contributed by atoms with Crippen molar-refractivity contribution in [2.45, 2.75) is 31.7 Å². The first-order chi connectivity index (χ1) is 11.8. The first-order valence-electron chi connectivity index (χ1n) is 7.98. The van der Waals surface area contributed by atoms with Gasteiger partial charge in [-0.3, -0.25) is 0 Å². The van der Waals surface area contributed by atoms with Gasteiger partial charge in [-0.25, -0.2) is 4.98 Å². The van der Waals surface area contributed by atoms with Crippen LogP contribution in [0.2, 0.25) is 0 Å². The molecule has 4 nitrogen and oxygen atoms in total. The zero-order valence-electron chi connectivity index (χ0n) is 13.8. The van der Waals surface area contributed by atoms with Gasteiger partial charge in [-0.05, 0) is 30.2 Å². The average molecular weight is 354 g/mol. The number of hydrogen-bond donors (Lipinski definition) is 3. The number of aromatic nitrogens is 1. The van der Waals surface area contributed by atoms with E-state index in [1.165, 1.54) is 24.3 Å². The van der Waals surface area contributed by atoms with Crippen LogP contribution in [0.15, 0.2) is 30.8 Å². The first kappa shape index (κ1) is 19.4. The summed E-state index contributed by atoms with van der Waals surface area (Å²) in [5.41, 5.74) is -0.470. The SMILES string of the molecule is C=Cc1cc(C(O)CNCC(O)CC)c2cccc(C(F)(F)F)c2n1. The Morgan fingerprint density at radius 2 is 2.00 bits per heavy atom. The number of pyridine rings is 1. The fourth-order valence-corrected chi connectivity index (χ4v) is 2.55. The van der Waals surface area contributed by atoms with Crippen molar-refractivity contribution in [2.75, 3.05) is 13.1 Å². The Hall–Kier alpha value is -1.96. The van der Waals surface area contributed by atoms with Gasteiger partial charge in [0, 0.05) is 18.5 Å². The Bertz CT molecular complexity index is 747. The summed E-state index contributed by atoms with van der Waals surface area (Å²) in [5, 5.41) is 23.1. The van der Waals surface area contributed by atoms with Gasteiger partial charge >= 0.3 is 6.18 Å². The molecule has 0 aliphatic carbocycles. The first-order valence-corrected chi connectivity index (χ1v) is 7.98. The number of halogens is 3. The van der Waals surface area contributed by atoms with E-state index in [0.717, 1.165) is 6.07 Å². The topological polar surface area (TPSA) is 65.4 Å². The molecular weight excluding hydrogens is 333 g/mol. The molecule has 0 aliphatic heterocycles. The quantitative estimate of drug-likeness (QED) is 0.714. The third-order valence-electron chi connectivity index (χ3n) is 3.95. The number of aliphatic hydroxyl groups excluding tert-OH is 2. The van der Waals surface area contributed by atoms with Crippen molar-refractivity contribution in [1.82, 2.24) is 10.3 Å². The van der Waals surface area contributed by atoms with Crippen LogP contribution >= 0.6 is 0 Å². The molecule has 0 spiro atoms. The molecule has 0 saturated heterocycles. The number of nitrogens with zero attached hydrogens (tertiary/aromatic N) is 1. The lowest BCUT2D eigenvalue weighted by Crippen LogP contribution is -2.30. The molecule has 0 aliphatic rings. The Kier molecular flexibility index (Phi) is 6.16. The van der Waals surface area contributed by atoms with Gasteiger partial charge in [0.1, 0.15) is 0 Å². The predicted octanol–water partition coefficient (Wildman–Crippen LogP) is 3.29. The molecule has 1 aromatic carbocycles. The number of rotatable bonds is 7. The van der Waals surface area contributed by atoms with E-state index < -0.39 is 23.9 Å². The van der Waals surface area contributed by atoms with Crippen LogP contribution in [0.4, 0.5) is 13.2 Å². The van der Waals surface area contributed by atoms with Gasteiger partial charge in [-0.2, -0.15) is 13.2 Å². The van der Waals surface area contributed by atoms with Gasteiger partial charge in [0.15, 0.2) is 0 Å². The second-order valence-corrected chi connectivity index (χ2v) is 5.78. The lowest BCUT2D eigenvalue weighted by atomic mass is 9.99. The van der Waals surface area contributed by atoms with Crippen LogP contribution in [0, 0.1) is 0 Å². The lowest BCUT2D eigenvalue weighted by molar-refractivity contribution is -0.136. The number of benzene rings is 1. The number of fused-ring (bicyclic) bond motifs is 1. The minimum absolute atomic E-state index is 0.100. The molecular formula is C18H21F3N2O2. The molecule has 2 aromatic rings. The molecule has 0 amide bonds. The van der Waals surface area contributed by atoms with E-state index in [9.17, 15) is 23.4 Å². The van der Waals surface area contributed by atoms with E-state index in [-0.39, 0.29) is 23.1 Å². The molecule has 0 radical (unpaired) electrons. The molecule has 136 valence electrons. The Labute approximate surface area is 144 Å². The maximum Gasteiger partial charge on any atom is 0.418 e. The second kappa shape index (κ2) is 7.95. The zero-order valence-corrected chi connectivity index (χ0v) is 13.8. The standard InChI is InChI=1S/C18H21F3N2O2/c1-3-11-8-14(16(25)10-22-9-12(24)4-2)13-6-5-7-15(17(13)23-11)18(19,20)21/h3,5-8,12,16,22,24-25H,1,4,9-10H2,2H3. The number of alkyl halides is 3. The van der Waals surface area contributed by atoms with Crippen LogP contribution in [0.1, 0.15) is 36.3 Å². The van der Waals surface area contributed by atoms with Crippen molar-refractivity contribution < 1.29 is 23.4 Å². The van der Waals surface area contributed by atoms with Crippen molar-refractivity contribution in [3.63, 3.8) is 0 Å². The van der Waals surface area contributed by atoms with E-state index in [4.69, 9.17) is 0 Å². The molecule has 1 heterocycles. The summed E-state index contributed by atoms with van der Waals surface area (Å²) in [6, 6.07) is 5.29. The summed E-state index contributed by atoms with van der Waals surface area (Å²) in [5.74, 6) is 0. The number of para-hydroxylation sites is 1. The highest BCUT2D eigenvalue weighted by molar-refractivity contribution is 5.87. The molecule has 25 heavy (non-hydrogen) atoms. The molecule has 7 heteroatoms. The summed E-state index contributed by atoms with van der Waals surface area (Å²) >= 11 is 0. The maximum atomic E-state index is 13.2. The summed E-state index contributed by atoms with van der Waals surface area (Å²) in [6.07, 6.45) is -4.22. The highest BCUT2D eigenvalue weighted by Gasteiger charge is 2.33. The molecule has 2 atom stereocenters. The molecule has 1 aromatic heterocycles. The van der Waals surface area contributed by atoms with Crippen molar-refractivity contribution >= 4 is 17.0 Å². The fraction of sp³-hybridized carbons (Fsp3) is 0.389. The third-order valence-corrected chi connectivity index (χ3v) is 3.95. The predicted molar refractivity (Wildman–Crippen MR) is 91.0 cm³/mol. The van der Waals surface area contributed by atoms with E-state index in [1.807, 2.05) is 6.92 Å². The van der Waals surface area contributed by atoms with Crippen molar-refractivity contribution in [1.29, 1.82) is 0 Å². The van der Waals surface area contributed by atoms with E-state index >= 15 is 0 Å². The van der Waals surface area contributed by atoms with Gasteiger partial charge in [0.25, 0.3) is 0 Å². The smallest absolute Gasteiger partial charge is 0.392 e. The summed E-state index contributed by atoms with van der Waals surface area (Å²) in [7, 11) is 0. The minimum Gasteiger partial charge on any atom is -0.392 e. The van der Waals surface area contributed by atoms with E-state index in [2.05, 4.69) is 16.9 Å². The largest absolute Gasteiger partial charge is 0.418 e. The van der Waals surface area contributed by atoms with Crippen LogP contribution in [0.5, 0.6) is 0 Å². The Balaban J connectivity index is 2.43. The lowest BCUT2D eigenvalue weighted by Gasteiger charge is -2.18. The highest BCUT2D eigenvalue weighted by atomic mass is 19.4. The highest BCUT2D eigenvalue weighted by Crippen LogP contribution is 2.36. The Morgan fingerprint density at radius 3 is 2.60 bits per heavy atom. The van der Waals surface area contributed by atoms with Gasteiger partial charge in [0.2, 0.25) is 0 Å². The van der Waals surface area contributed by atoms with E-state index in [1.54, 1.807) is 0 Å². The van der Waals surface area contributed by atoms with Gasteiger partial charge < -0.3 is 15.5 Å². The van der Waals surface area contributed by atoms with Crippen LogP contribution in [0.3, 0.4) is 0 Å². The molecule has 0 bridgehead atoms. The number of nitrogens with one attached hydrogen (secondary N) is 1. The molecule has 0 saturated carbocycles. The fourth-order valence-electron chi connectivity index (χ4n) is 2.55. The molecule has 2 unspecified atom stereocenters.